The van der Waals surface area contributed by atoms with Gasteiger partial charge in [-0.05, 0) is 31.2 Å². The minimum absolute atomic E-state index is 0.215. The zero-order chi connectivity index (χ0) is 15.8. The largest absolute Gasteiger partial charge is 0.352 e. The number of hydrogen-bond acceptors (Lipinski definition) is 2. The predicted molar refractivity (Wildman–Crippen MR) is 90.3 cm³/mol. The Kier molecular flexibility index (Phi) is 6.22. The molecule has 0 unspecified atom stereocenters. The molecule has 0 saturated carbocycles. The highest BCUT2D eigenvalue weighted by atomic mass is 32.2. The Bertz CT molecular complexity index is 652. The van der Waals surface area contributed by atoms with Crippen molar-refractivity contribution in [1.29, 1.82) is 0 Å². The second-order valence-electron chi connectivity index (χ2n) is 4.81. The molecule has 22 heavy (non-hydrogen) atoms. The van der Waals surface area contributed by atoms with Gasteiger partial charge >= 0.3 is 0 Å². The maximum Gasteiger partial charge on any atom is 0.244 e. The minimum atomic E-state index is -0.332. The molecule has 0 fully saturated rings. The topological polar surface area (TPSA) is 29.1 Å². The van der Waals surface area contributed by atoms with Gasteiger partial charge in [-0.2, -0.15) is 0 Å². The molecule has 0 aliphatic heterocycles. The zero-order valence-electron chi connectivity index (χ0n) is 12.4. The molecule has 0 aliphatic carbocycles. The van der Waals surface area contributed by atoms with Crippen molar-refractivity contribution in [2.75, 3.05) is 12.3 Å². The standard InChI is InChI=1S/C18H18FNOS/c1-14-6-9-16(10-7-14)22-13-12-20-18(21)11-8-15-4-2-3-5-17(15)19/h2-11H,12-13H2,1H3,(H,20,21)/b11-8+. The molecule has 0 atom stereocenters. The summed E-state index contributed by atoms with van der Waals surface area (Å²) in [5.74, 6) is 0.247. The molecular weight excluding hydrogens is 297 g/mol. The molecule has 1 amide bonds. The normalized spacial score (nSPS) is 10.8. The quantitative estimate of drug-likeness (QED) is 0.495. The van der Waals surface area contributed by atoms with Crippen molar-refractivity contribution in [1.82, 2.24) is 5.32 Å². The summed E-state index contributed by atoms with van der Waals surface area (Å²) in [5, 5.41) is 2.78. The first-order chi connectivity index (χ1) is 10.6. The summed E-state index contributed by atoms with van der Waals surface area (Å²) >= 11 is 1.69. The summed E-state index contributed by atoms with van der Waals surface area (Å²) < 4.78 is 13.4. The molecule has 0 aliphatic rings. The van der Waals surface area contributed by atoms with E-state index in [9.17, 15) is 9.18 Å². The first-order valence-corrected chi connectivity index (χ1v) is 8.03. The number of nitrogens with one attached hydrogen (secondary N) is 1. The van der Waals surface area contributed by atoms with Gasteiger partial charge in [0.1, 0.15) is 5.82 Å². The van der Waals surface area contributed by atoms with E-state index in [2.05, 4.69) is 36.5 Å². The van der Waals surface area contributed by atoms with Gasteiger partial charge in [-0.3, -0.25) is 4.79 Å². The fourth-order valence-corrected chi connectivity index (χ4v) is 2.58. The molecule has 4 heteroatoms. The van der Waals surface area contributed by atoms with Crippen LogP contribution in [0.5, 0.6) is 0 Å². The van der Waals surface area contributed by atoms with Gasteiger partial charge in [0.2, 0.25) is 5.91 Å². The Hall–Kier alpha value is -2.07. The third-order valence-electron chi connectivity index (χ3n) is 3.01. The van der Waals surface area contributed by atoms with Gasteiger partial charge in [0, 0.05) is 28.8 Å². The van der Waals surface area contributed by atoms with E-state index in [1.54, 1.807) is 30.0 Å². The second kappa shape index (κ2) is 8.39. The average molecular weight is 315 g/mol. The van der Waals surface area contributed by atoms with E-state index in [0.717, 1.165) is 5.75 Å². The van der Waals surface area contributed by atoms with Gasteiger partial charge in [-0.1, -0.05) is 35.9 Å². The first kappa shape index (κ1) is 16.3. The highest BCUT2D eigenvalue weighted by molar-refractivity contribution is 7.99. The number of rotatable bonds is 6. The molecule has 1 N–H and O–H groups in total. The smallest absolute Gasteiger partial charge is 0.244 e. The molecule has 0 aromatic heterocycles. The summed E-state index contributed by atoms with van der Waals surface area (Å²) in [6.07, 6.45) is 2.84. The summed E-state index contributed by atoms with van der Waals surface area (Å²) in [5.41, 5.74) is 1.64. The molecule has 0 bridgehead atoms. The highest BCUT2D eigenvalue weighted by Gasteiger charge is 1.99. The van der Waals surface area contributed by atoms with Gasteiger partial charge in [0.15, 0.2) is 0 Å². The number of carbonyl (C=O) groups excluding carboxylic acids is 1. The number of hydrogen-bond donors (Lipinski definition) is 1. The molecule has 0 radical (unpaired) electrons. The van der Waals surface area contributed by atoms with Crippen LogP contribution in [0.3, 0.4) is 0 Å². The summed E-state index contributed by atoms with van der Waals surface area (Å²) in [6, 6.07) is 14.6. The van der Waals surface area contributed by atoms with E-state index in [4.69, 9.17) is 0 Å². The lowest BCUT2D eigenvalue weighted by atomic mass is 10.2. The van der Waals surface area contributed by atoms with Crippen LogP contribution in [0.25, 0.3) is 6.08 Å². The molecular formula is C18H18FNOS. The lowest BCUT2D eigenvalue weighted by Crippen LogP contribution is -2.23. The summed E-state index contributed by atoms with van der Waals surface area (Å²) in [4.78, 5) is 12.8. The molecule has 2 rings (SSSR count). The number of halogens is 1. The first-order valence-electron chi connectivity index (χ1n) is 7.05. The second-order valence-corrected chi connectivity index (χ2v) is 5.98. The number of amides is 1. The van der Waals surface area contributed by atoms with Crippen molar-refractivity contribution in [2.24, 2.45) is 0 Å². The van der Waals surface area contributed by atoms with Crippen LogP contribution >= 0.6 is 11.8 Å². The van der Waals surface area contributed by atoms with E-state index >= 15 is 0 Å². The monoisotopic (exact) mass is 315 g/mol. The van der Waals surface area contributed by atoms with Crippen LogP contribution in [0.15, 0.2) is 59.5 Å². The maximum atomic E-state index is 13.4. The van der Waals surface area contributed by atoms with Crippen LogP contribution in [-0.4, -0.2) is 18.2 Å². The van der Waals surface area contributed by atoms with Gasteiger partial charge in [-0.15, -0.1) is 11.8 Å². The van der Waals surface area contributed by atoms with Gasteiger partial charge in [-0.25, -0.2) is 4.39 Å². The van der Waals surface area contributed by atoms with E-state index in [0.29, 0.717) is 12.1 Å². The van der Waals surface area contributed by atoms with Gasteiger partial charge < -0.3 is 5.32 Å². The van der Waals surface area contributed by atoms with Gasteiger partial charge in [0.25, 0.3) is 0 Å². The number of aryl methyl sites for hydroxylation is 1. The third-order valence-corrected chi connectivity index (χ3v) is 4.02. The molecule has 2 aromatic carbocycles. The van der Waals surface area contributed by atoms with Gasteiger partial charge in [0.05, 0.1) is 0 Å². The van der Waals surface area contributed by atoms with Crippen molar-refractivity contribution in [3.63, 3.8) is 0 Å². The third kappa shape index (κ3) is 5.37. The van der Waals surface area contributed by atoms with Crippen LogP contribution in [0.1, 0.15) is 11.1 Å². The van der Waals surface area contributed by atoms with Crippen LogP contribution in [0.2, 0.25) is 0 Å². The van der Waals surface area contributed by atoms with Crippen LogP contribution in [-0.2, 0) is 4.79 Å². The zero-order valence-corrected chi connectivity index (χ0v) is 13.2. The lowest BCUT2D eigenvalue weighted by molar-refractivity contribution is -0.116. The highest BCUT2D eigenvalue weighted by Crippen LogP contribution is 2.17. The van der Waals surface area contributed by atoms with Crippen molar-refractivity contribution >= 4 is 23.7 Å². The predicted octanol–water partition coefficient (Wildman–Crippen LogP) is 4.06. The van der Waals surface area contributed by atoms with Crippen LogP contribution in [0.4, 0.5) is 4.39 Å². The minimum Gasteiger partial charge on any atom is -0.352 e. The van der Waals surface area contributed by atoms with Crippen molar-refractivity contribution in [3.8, 4) is 0 Å². The fourth-order valence-electron chi connectivity index (χ4n) is 1.81. The molecule has 2 aromatic rings. The molecule has 0 spiro atoms. The summed E-state index contributed by atoms with van der Waals surface area (Å²) in [6.45, 7) is 2.62. The van der Waals surface area contributed by atoms with E-state index in [-0.39, 0.29) is 11.7 Å². The summed E-state index contributed by atoms with van der Waals surface area (Å²) in [7, 11) is 0. The van der Waals surface area contributed by atoms with Crippen LogP contribution < -0.4 is 5.32 Å². The molecule has 114 valence electrons. The van der Waals surface area contributed by atoms with E-state index in [1.165, 1.54) is 28.7 Å². The van der Waals surface area contributed by atoms with Crippen molar-refractivity contribution in [2.45, 2.75) is 11.8 Å². The lowest BCUT2D eigenvalue weighted by Gasteiger charge is -2.03. The number of carbonyl (C=O) groups is 1. The molecule has 2 nitrogen and oxygen atoms in total. The fraction of sp³-hybridized carbons (Fsp3) is 0.167. The molecule has 0 heterocycles. The number of thioether (sulfide) groups is 1. The Morgan fingerprint density at radius 1 is 1.18 bits per heavy atom. The van der Waals surface area contributed by atoms with E-state index in [1.807, 2.05) is 0 Å². The Morgan fingerprint density at radius 3 is 2.64 bits per heavy atom. The molecule has 0 saturated heterocycles. The van der Waals surface area contributed by atoms with Crippen molar-refractivity contribution < 1.29 is 9.18 Å². The average Bonchev–Trinajstić information content (AvgIpc) is 2.52. The SMILES string of the molecule is Cc1ccc(SCCNC(=O)/C=C/c2ccccc2F)cc1. The Morgan fingerprint density at radius 2 is 1.91 bits per heavy atom. The van der Waals surface area contributed by atoms with Crippen molar-refractivity contribution in [3.05, 3.63) is 71.6 Å². The van der Waals surface area contributed by atoms with Crippen LogP contribution in [0, 0.1) is 12.7 Å². The Balaban J connectivity index is 1.72. The maximum absolute atomic E-state index is 13.4. The Labute approximate surface area is 134 Å². The number of benzene rings is 2. The van der Waals surface area contributed by atoms with E-state index < -0.39 is 0 Å².